The van der Waals surface area contributed by atoms with Gasteiger partial charge in [0.2, 0.25) is 0 Å². The minimum atomic E-state index is -0.784. The van der Waals surface area contributed by atoms with Gasteiger partial charge in [-0.2, -0.15) is 0 Å². The van der Waals surface area contributed by atoms with Crippen LogP contribution in [-0.2, 0) is 20.8 Å². The molecule has 0 spiro atoms. The summed E-state index contributed by atoms with van der Waals surface area (Å²) in [5.74, 6) is -0.583. The highest BCUT2D eigenvalue weighted by molar-refractivity contribution is 5.74. The number of esters is 1. The molecule has 0 saturated carbocycles. The quantitative estimate of drug-likeness (QED) is 0.800. The molecule has 0 aliphatic carbocycles. The van der Waals surface area contributed by atoms with E-state index in [-0.39, 0.29) is 13.2 Å². The van der Waals surface area contributed by atoms with Gasteiger partial charge in [0, 0.05) is 6.20 Å². The first kappa shape index (κ1) is 15.6. The fraction of sp³-hybridized carbons (Fsp3) is 0.267. The van der Waals surface area contributed by atoms with Crippen molar-refractivity contribution in [1.29, 1.82) is 0 Å². The Hall–Kier alpha value is -2.83. The van der Waals surface area contributed by atoms with Gasteiger partial charge in [-0.3, -0.25) is 9.36 Å². The molecule has 0 saturated heterocycles. The molecule has 0 unspecified atom stereocenters. The minimum Gasteiger partial charge on any atom is -0.468 e. The summed E-state index contributed by atoms with van der Waals surface area (Å²) in [5, 5.41) is 0. The fourth-order valence-electron chi connectivity index (χ4n) is 1.99. The van der Waals surface area contributed by atoms with Crippen molar-refractivity contribution in [2.24, 2.45) is 0 Å². The summed E-state index contributed by atoms with van der Waals surface area (Å²) in [4.78, 5) is 35.7. The number of carbonyl (C=O) groups is 2. The number of methoxy groups -OCH3 is 1. The molecule has 0 atom stereocenters. The monoisotopic (exact) mass is 304 g/mol. The molecule has 1 heterocycles. The molecule has 22 heavy (non-hydrogen) atoms. The van der Waals surface area contributed by atoms with Gasteiger partial charge in [0.15, 0.2) is 0 Å². The largest absolute Gasteiger partial charge is 0.468 e. The van der Waals surface area contributed by atoms with Gasteiger partial charge in [-0.05, 0) is 12.5 Å². The van der Waals surface area contributed by atoms with E-state index >= 15 is 0 Å². The zero-order chi connectivity index (χ0) is 16.1. The van der Waals surface area contributed by atoms with Crippen LogP contribution < -0.4 is 5.69 Å². The lowest BCUT2D eigenvalue weighted by atomic mass is 10.2. The number of rotatable bonds is 4. The number of ether oxygens (including phenoxy) is 2. The van der Waals surface area contributed by atoms with E-state index in [9.17, 15) is 14.4 Å². The Morgan fingerprint density at radius 1 is 1.18 bits per heavy atom. The average molecular weight is 304 g/mol. The van der Waals surface area contributed by atoms with E-state index < -0.39 is 17.8 Å². The zero-order valence-electron chi connectivity index (χ0n) is 12.3. The molecular formula is C15H16N2O5. The zero-order valence-corrected chi connectivity index (χ0v) is 12.3. The van der Waals surface area contributed by atoms with E-state index in [4.69, 9.17) is 4.74 Å². The highest BCUT2D eigenvalue weighted by Gasteiger charge is 2.19. The van der Waals surface area contributed by atoms with Crippen LogP contribution in [0.4, 0.5) is 4.79 Å². The Labute approximate surface area is 126 Å². The summed E-state index contributed by atoms with van der Waals surface area (Å²) in [6, 6.07) is 8.97. The summed E-state index contributed by atoms with van der Waals surface area (Å²) in [6.07, 6.45) is 0.576. The van der Waals surface area contributed by atoms with Crippen LogP contribution in [-0.4, -0.2) is 34.9 Å². The Morgan fingerprint density at radius 2 is 1.86 bits per heavy atom. The SMILES string of the molecule is CCOC(=O)n1cc(-c2ccccc2)n(CC(=O)OC)c1=O. The van der Waals surface area contributed by atoms with Crippen LogP contribution in [0, 0.1) is 0 Å². The molecule has 1 aromatic heterocycles. The van der Waals surface area contributed by atoms with E-state index in [1.807, 2.05) is 6.07 Å². The fourth-order valence-corrected chi connectivity index (χ4v) is 1.99. The Kier molecular flexibility index (Phi) is 4.77. The standard InChI is InChI=1S/C15H16N2O5/c1-3-22-15(20)17-9-12(11-7-5-4-6-8-11)16(14(17)19)10-13(18)21-2/h4-9H,3,10H2,1-2H3. The molecule has 0 fully saturated rings. The van der Waals surface area contributed by atoms with Crippen molar-refractivity contribution in [3.05, 3.63) is 47.0 Å². The molecule has 1 aromatic carbocycles. The van der Waals surface area contributed by atoms with Gasteiger partial charge in [0.25, 0.3) is 0 Å². The van der Waals surface area contributed by atoms with Crippen LogP contribution in [0.5, 0.6) is 0 Å². The molecule has 0 bridgehead atoms. The number of benzene rings is 1. The maximum Gasteiger partial charge on any atom is 0.422 e. The Bertz CT molecular complexity index is 730. The van der Waals surface area contributed by atoms with Gasteiger partial charge < -0.3 is 9.47 Å². The van der Waals surface area contributed by atoms with Gasteiger partial charge in [-0.1, -0.05) is 30.3 Å². The molecule has 7 nitrogen and oxygen atoms in total. The Morgan fingerprint density at radius 3 is 2.45 bits per heavy atom. The van der Waals surface area contributed by atoms with Gasteiger partial charge in [0.05, 0.1) is 19.4 Å². The summed E-state index contributed by atoms with van der Waals surface area (Å²) in [6.45, 7) is 1.51. The molecule has 0 amide bonds. The molecule has 2 rings (SSSR count). The van der Waals surface area contributed by atoms with Gasteiger partial charge >= 0.3 is 17.8 Å². The summed E-state index contributed by atoms with van der Waals surface area (Å²) >= 11 is 0. The second-order valence-corrected chi connectivity index (χ2v) is 4.39. The van der Waals surface area contributed by atoms with Crippen LogP contribution in [0.1, 0.15) is 6.92 Å². The lowest BCUT2D eigenvalue weighted by molar-refractivity contribution is -0.141. The number of aromatic nitrogens is 2. The molecule has 0 radical (unpaired) electrons. The molecule has 7 heteroatoms. The van der Waals surface area contributed by atoms with Crippen LogP contribution >= 0.6 is 0 Å². The van der Waals surface area contributed by atoms with E-state index in [1.54, 1.807) is 31.2 Å². The number of nitrogens with zero attached hydrogens (tertiary/aromatic N) is 2. The normalized spacial score (nSPS) is 10.3. The predicted octanol–water partition coefficient (Wildman–Crippen LogP) is 1.49. The first-order chi connectivity index (χ1) is 10.6. The van der Waals surface area contributed by atoms with Gasteiger partial charge in [-0.25, -0.2) is 14.2 Å². The van der Waals surface area contributed by atoms with Crippen LogP contribution in [0.3, 0.4) is 0 Å². The second kappa shape index (κ2) is 6.75. The summed E-state index contributed by atoms with van der Waals surface area (Å²) < 4.78 is 11.5. The highest BCUT2D eigenvalue weighted by atomic mass is 16.5. The first-order valence-electron chi connectivity index (χ1n) is 6.70. The number of hydrogen-bond acceptors (Lipinski definition) is 5. The van der Waals surface area contributed by atoms with E-state index in [0.717, 1.165) is 4.57 Å². The number of hydrogen-bond donors (Lipinski definition) is 0. The lowest BCUT2D eigenvalue weighted by Crippen LogP contribution is -2.31. The van der Waals surface area contributed by atoms with Crippen molar-refractivity contribution in [3.63, 3.8) is 0 Å². The lowest BCUT2D eigenvalue weighted by Gasteiger charge is -2.05. The van der Waals surface area contributed by atoms with Gasteiger partial charge in [0.1, 0.15) is 6.54 Å². The first-order valence-corrected chi connectivity index (χ1v) is 6.70. The van der Waals surface area contributed by atoms with E-state index in [2.05, 4.69) is 4.74 Å². The van der Waals surface area contributed by atoms with Crippen molar-refractivity contribution < 1.29 is 19.1 Å². The van der Waals surface area contributed by atoms with E-state index in [0.29, 0.717) is 11.3 Å². The van der Waals surface area contributed by atoms with Crippen molar-refractivity contribution in [2.75, 3.05) is 13.7 Å². The topological polar surface area (TPSA) is 79.5 Å². The third-order valence-corrected chi connectivity index (χ3v) is 3.03. The molecule has 2 aromatic rings. The predicted molar refractivity (Wildman–Crippen MR) is 78.6 cm³/mol. The number of carbonyl (C=O) groups excluding carboxylic acids is 2. The average Bonchev–Trinajstić information content (AvgIpc) is 2.85. The molecule has 0 aliphatic heterocycles. The number of imidazole rings is 1. The molecule has 0 N–H and O–H groups in total. The van der Waals surface area contributed by atoms with Crippen LogP contribution in [0.2, 0.25) is 0 Å². The smallest absolute Gasteiger partial charge is 0.422 e. The van der Waals surface area contributed by atoms with Crippen molar-refractivity contribution in [2.45, 2.75) is 13.5 Å². The Balaban J connectivity index is 2.55. The van der Waals surface area contributed by atoms with Crippen molar-refractivity contribution in [1.82, 2.24) is 9.13 Å². The third-order valence-electron chi connectivity index (χ3n) is 3.03. The maximum atomic E-state index is 12.3. The van der Waals surface area contributed by atoms with Crippen LogP contribution in [0.25, 0.3) is 11.3 Å². The highest BCUT2D eigenvalue weighted by Crippen LogP contribution is 2.18. The molecule has 116 valence electrons. The molecular weight excluding hydrogens is 288 g/mol. The summed E-state index contributed by atoms with van der Waals surface area (Å²) in [7, 11) is 1.23. The van der Waals surface area contributed by atoms with Crippen molar-refractivity contribution >= 4 is 12.1 Å². The van der Waals surface area contributed by atoms with Gasteiger partial charge in [-0.15, -0.1) is 0 Å². The second-order valence-electron chi connectivity index (χ2n) is 4.39. The summed E-state index contributed by atoms with van der Waals surface area (Å²) in [5.41, 5.74) is 0.485. The maximum absolute atomic E-state index is 12.3. The minimum absolute atomic E-state index is 0.147. The van der Waals surface area contributed by atoms with Crippen molar-refractivity contribution in [3.8, 4) is 11.3 Å². The molecule has 0 aliphatic rings. The van der Waals surface area contributed by atoms with Crippen LogP contribution in [0.15, 0.2) is 41.3 Å². The third kappa shape index (κ3) is 3.08. The van der Waals surface area contributed by atoms with E-state index in [1.165, 1.54) is 17.9 Å².